The molecule has 1 N–H and O–H groups in total. The summed E-state index contributed by atoms with van der Waals surface area (Å²) < 4.78 is 5.34. The van der Waals surface area contributed by atoms with E-state index in [-0.39, 0.29) is 0 Å². The van der Waals surface area contributed by atoms with E-state index in [2.05, 4.69) is 18.3 Å². The molecule has 1 aliphatic carbocycles. The van der Waals surface area contributed by atoms with Gasteiger partial charge in [0, 0.05) is 12.6 Å². The molecule has 2 saturated heterocycles. The molecular weight excluding hydrogens is 174 g/mol. The normalized spacial score (nSPS) is 45.1. The lowest BCUT2D eigenvalue weighted by Gasteiger charge is -2.20. The standard InChI is InChI=1S/C12H19NO/c1-8-2-3-9(4-11-7-14-11)12(8)5-10-6-13-10/h2,9-13H,3-7H2,1H3. The SMILES string of the molecule is CC1=CCC(CC2CO2)C1CC1CN1. The number of ether oxygens (including phenoxy) is 1. The summed E-state index contributed by atoms with van der Waals surface area (Å²) in [7, 11) is 0. The predicted octanol–water partition coefficient (Wildman–Crippen LogP) is 1.72. The van der Waals surface area contributed by atoms with Crippen molar-refractivity contribution < 1.29 is 4.74 Å². The third-order valence-electron chi connectivity index (χ3n) is 3.90. The molecular formula is C12H19NO. The van der Waals surface area contributed by atoms with Crippen LogP contribution in [-0.4, -0.2) is 25.3 Å². The Morgan fingerprint density at radius 1 is 1.50 bits per heavy atom. The lowest BCUT2D eigenvalue weighted by molar-refractivity contribution is 0.305. The first-order chi connectivity index (χ1) is 6.83. The van der Waals surface area contributed by atoms with Crippen molar-refractivity contribution in [2.45, 2.75) is 38.3 Å². The third kappa shape index (κ3) is 1.86. The average molecular weight is 193 g/mol. The van der Waals surface area contributed by atoms with Gasteiger partial charge in [-0.3, -0.25) is 0 Å². The highest BCUT2D eigenvalue weighted by Gasteiger charge is 2.36. The van der Waals surface area contributed by atoms with E-state index in [1.54, 1.807) is 5.57 Å². The van der Waals surface area contributed by atoms with E-state index in [1.807, 2.05) is 0 Å². The summed E-state index contributed by atoms with van der Waals surface area (Å²) in [6.45, 7) is 4.57. The van der Waals surface area contributed by atoms with Gasteiger partial charge in [-0.15, -0.1) is 0 Å². The van der Waals surface area contributed by atoms with Gasteiger partial charge in [0.2, 0.25) is 0 Å². The summed E-state index contributed by atoms with van der Waals surface area (Å²) in [5.41, 5.74) is 1.63. The highest BCUT2D eigenvalue weighted by atomic mass is 16.6. The Kier molecular flexibility index (Phi) is 2.14. The van der Waals surface area contributed by atoms with Crippen LogP contribution in [-0.2, 0) is 4.74 Å². The molecule has 0 saturated carbocycles. The van der Waals surface area contributed by atoms with Crippen LogP contribution in [0.15, 0.2) is 11.6 Å². The molecule has 0 aromatic heterocycles. The number of hydrogen-bond acceptors (Lipinski definition) is 2. The predicted molar refractivity (Wildman–Crippen MR) is 56.1 cm³/mol. The van der Waals surface area contributed by atoms with Crippen LogP contribution in [0.3, 0.4) is 0 Å². The van der Waals surface area contributed by atoms with E-state index in [0.29, 0.717) is 6.10 Å². The molecule has 78 valence electrons. The van der Waals surface area contributed by atoms with Gasteiger partial charge in [0.25, 0.3) is 0 Å². The van der Waals surface area contributed by atoms with Crippen molar-refractivity contribution in [1.82, 2.24) is 5.32 Å². The van der Waals surface area contributed by atoms with Crippen molar-refractivity contribution >= 4 is 0 Å². The van der Waals surface area contributed by atoms with Gasteiger partial charge in [-0.2, -0.15) is 0 Å². The molecule has 0 radical (unpaired) electrons. The summed E-state index contributed by atoms with van der Waals surface area (Å²) in [5, 5.41) is 3.41. The number of allylic oxidation sites excluding steroid dienone is 2. The molecule has 3 aliphatic rings. The van der Waals surface area contributed by atoms with Gasteiger partial charge in [0.05, 0.1) is 12.7 Å². The fourth-order valence-electron chi connectivity index (χ4n) is 2.76. The van der Waals surface area contributed by atoms with Crippen molar-refractivity contribution in [3.63, 3.8) is 0 Å². The van der Waals surface area contributed by atoms with Gasteiger partial charge in [-0.25, -0.2) is 0 Å². The maximum absolute atomic E-state index is 5.34. The molecule has 4 unspecified atom stereocenters. The summed E-state index contributed by atoms with van der Waals surface area (Å²) in [5.74, 6) is 1.73. The Bertz CT molecular complexity index is 253. The van der Waals surface area contributed by atoms with Crippen molar-refractivity contribution in [2.24, 2.45) is 11.8 Å². The van der Waals surface area contributed by atoms with E-state index in [9.17, 15) is 0 Å². The Balaban J connectivity index is 1.59. The summed E-state index contributed by atoms with van der Waals surface area (Å²) in [6.07, 6.45) is 7.00. The first-order valence-electron chi connectivity index (χ1n) is 5.84. The molecule has 2 heterocycles. The molecule has 0 aromatic carbocycles. The maximum atomic E-state index is 5.34. The lowest BCUT2D eigenvalue weighted by Crippen LogP contribution is -2.16. The summed E-state index contributed by atoms with van der Waals surface area (Å²) >= 11 is 0. The first kappa shape index (κ1) is 8.93. The topological polar surface area (TPSA) is 34.5 Å². The monoisotopic (exact) mass is 193 g/mol. The third-order valence-corrected chi connectivity index (χ3v) is 3.90. The zero-order valence-electron chi connectivity index (χ0n) is 8.83. The number of hydrogen-bond donors (Lipinski definition) is 1. The van der Waals surface area contributed by atoms with Crippen LogP contribution >= 0.6 is 0 Å². The first-order valence-corrected chi connectivity index (χ1v) is 5.84. The largest absolute Gasteiger partial charge is 0.373 e. The second-order valence-electron chi connectivity index (χ2n) is 5.08. The van der Waals surface area contributed by atoms with Gasteiger partial charge in [0.15, 0.2) is 0 Å². The van der Waals surface area contributed by atoms with Crippen LogP contribution in [0.1, 0.15) is 26.2 Å². The number of rotatable bonds is 4. The van der Waals surface area contributed by atoms with Gasteiger partial charge in [-0.05, 0) is 38.0 Å². The summed E-state index contributed by atoms with van der Waals surface area (Å²) in [6, 6.07) is 0.823. The Hall–Kier alpha value is -0.340. The highest BCUT2D eigenvalue weighted by molar-refractivity contribution is 5.14. The highest BCUT2D eigenvalue weighted by Crippen LogP contribution is 2.40. The average Bonchev–Trinajstić information content (AvgIpc) is 3.02. The van der Waals surface area contributed by atoms with E-state index in [4.69, 9.17) is 4.74 Å². The van der Waals surface area contributed by atoms with Gasteiger partial charge in [-0.1, -0.05) is 11.6 Å². The Labute approximate surface area is 85.7 Å². The van der Waals surface area contributed by atoms with Gasteiger partial charge in [0.1, 0.15) is 0 Å². The molecule has 3 rings (SSSR count). The minimum absolute atomic E-state index is 0.606. The van der Waals surface area contributed by atoms with Crippen molar-refractivity contribution in [3.05, 3.63) is 11.6 Å². The van der Waals surface area contributed by atoms with E-state index in [0.717, 1.165) is 24.5 Å². The second kappa shape index (κ2) is 3.35. The molecule has 0 aromatic rings. The zero-order valence-corrected chi connectivity index (χ0v) is 8.83. The lowest BCUT2D eigenvalue weighted by atomic mass is 9.84. The molecule has 2 heteroatoms. The molecule has 2 fully saturated rings. The minimum Gasteiger partial charge on any atom is -0.373 e. The molecule has 2 aliphatic heterocycles. The maximum Gasteiger partial charge on any atom is 0.0812 e. The van der Waals surface area contributed by atoms with Crippen LogP contribution in [0.2, 0.25) is 0 Å². The number of nitrogens with one attached hydrogen (secondary N) is 1. The number of epoxide rings is 1. The molecule has 0 spiro atoms. The second-order valence-corrected chi connectivity index (χ2v) is 5.08. The van der Waals surface area contributed by atoms with Crippen LogP contribution in [0, 0.1) is 11.8 Å². The van der Waals surface area contributed by atoms with Gasteiger partial charge < -0.3 is 10.1 Å². The summed E-state index contributed by atoms with van der Waals surface area (Å²) in [4.78, 5) is 0. The Morgan fingerprint density at radius 2 is 2.29 bits per heavy atom. The van der Waals surface area contributed by atoms with Crippen LogP contribution in [0.5, 0.6) is 0 Å². The van der Waals surface area contributed by atoms with E-state index in [1.165, 1.54) is 25.8 Å². The molecule has 2 nitrogen and oxygen atoms in total. The van der Waals surface area contributed by atoms with Crippen LogP contribution in [0.4, 0.5) is 0 Å². The van der Waals surface area contributed by atoms with Crippen molar-refractivity contribution in [1.29, 1.82) is 0 Å². The van der Waals surface area contributed by atoms with E-state index < -0.39 is 0 Å². The van der Waals surface area contributed by atoms with Crippen LogP contribution < -0.4 is 5.32 Å². The molecule has 14 heavy (non-hydrogen) atoms. The minimum atomic E-state index is 0.606. The van der Waals surface area contributed by atoms with Crippen LogP contribution in [0.25, 0.3) is 0 Å². The molecule has 0 amide bonds. The van der Waals surface area contributed by atoms with Crippen molar-refractivity contribution in [2.75, 3.05) is 13.2 Å². The molecule has 0 bridgehead atoms. The fraction of sp³-hybridized carbons (Fsp3) is 0.833. The quantitative estimate of drug-likeness (QED) is 0.545. The molecule has 4 atom stereocenters. The smallest absolute Gasteiger partial charge is 0.0812 e. The Morgan fingerprint density at radius 3 is 2.93 bits per heavy atom. The van der Waals surface area contributed by atoms with E-state index >= 15 is 0 Å². The van der Waals surface area contributed by atoms with Crippen molar-refractivity contribution in [3.8, 4) is 0 Å². The van der Waals surface area contributed by atoms with Gasteiger partial charge >= 0.3 is 0 Å². The zero-order chi connectivity index (χ0) is 9.54. The fourth-order valence-corrected chi connectivity index (χ4v) is 2.76.